The van der Waals surface area contributed by atoms with Crippen molar-refractivity contribution in [3.63, 3.8) is 0 Å². The van der Waals surface area contributed by atoms with Gasteiger partial charge in [-0.3, -0.25) is 33.9 Å². The van der Waals surface area contributed by atoms with E-state index in [9.17, 15) is 24.3 Å². The summed E-state index contributed by atoms with van der Waals surface area (Å²) in [5.74, 6) is -1.04. The first-order chi connectivity index (χ1) is 15.2. The maximum Gasteiger partial charge on any atom is 0.317 e. The van der Waals surface area contributed by atoms with Gasteiger partial charge in [-0.15, -0.1) is 0 Å². The Morgan fingerprint density at radius 1 is 1.00 bits per heavy atom. The summed E-state index contributed by atoms with van der Waals surface area (Å²) in [5, 5.41) is 12.0. The standard InChI is InChI=1S/C22H39N5O5/c1-4-18-13-20(29)27(22(18)32)6-5-23-19(28)15-25-9-7-24(14-17(2)3)8-11-26(12-10-25)16-21(30)31/h17-18H,4-16H2,1-3H3,(H,23,28)(H,30,31). The third kappa shape index (κ3) is 8.48. The lowest BCUT2D eigenvalue weighted by Crippen LogP contribution is -2.45. The van der Waals surface area contributed by atoms with E-state index in [4.69, 9.17) is 0 Å². The highest BCUT2D eigenvalue weighted by Crippen LogP contribution is 2.21. The predicted molar refractivity (Wildman–Crippen MR) is 120 cm³/mol. The minimum Gasteiger partial charge on any atom is -0.480 e. The molecule has 2 heterocycles. The summed E-state index contributed by atoms with van der Waals surface area (Å²) in [6.07, 6.45) is 0.909. The maximum absolute atomic E-state index is 12.5. The van der Waals surface area contributed by atoms with Crippen LogP contribution < -0.4 is 5.32 Å². The molecule has 10 nitrogen and oxygen atoms in total. The van der Waals surface area contributed by atoms with Crippen molar-refractivity contribution >= 4 is 23.7 Å². The van der Waals surface area contributed by atoms with Crippen molar-refractivity contribution in [3.8, 4) is 0 Å². The van der Waals surface area contributed by atoms with Gasteiger partial charge in [0.1, 0.15) is 0 Å². The molecule has 0 aliphatic carbocycles. The van der Waals surface area contributed by atoms with E-state index in [-0.39, 0.29) is 56.2 Å². The number of nitrogens with one attached hydrogen (secondary N) is 1. The largest absolute Gasteiger partial charge is 0.480 e. The third-order valence-corrected chi connectivity index (χ3v) is 6.03. The highest BCUT2D eigenvalue weighted by atomic mass is 16.4. The molecule has 0 aromatic carbocycles. The van der Waals surface area contributed by atoms with E-state index >= 15 is 0 Å². The van der Waals surface area contributed by atoms with Crippen LogP contribution in [-0.2, 0) is 19.2 Å². The van der Waals surface area contributed by atoms with Crippen molar-refractivity contribution in [2.24, 2.45) is 11.8 Å². The number of aliphatic carboxylic acids is 1. The molecule has 2 N–H and O–H groups in total. The van der Waals surface area contributed by atoms with Crippen molar-refractivity contribution in [2.45, 2.75) is 33.6 Å². The quantitative estimate of drug-likeness (QED) is 0.428. The summed E-state index contributed by atoms with van der Waals surface area (Å²) in [6.45, 7) is 12.0. The van der Waals surface area contributed by atoms with Gasteiger partial charge in [0.15, 0.2) is 0 Å². The molecule has 1 atom stereocenters. The molecular formula is C22H39N5O5. The van der Waals surface area contributed by atoms with Crippen molar-refractivity contribution in [2.75, 3.05) is 72.0 Å². The monoisotopic (exact) mass is 453 g/mol. The zero-order chi connectivity index (χ0) is 23.7. The van der Waals surface area contributed by atoms with Crippen LogP contribution in [0.15, 0.2) is 0 Å². The van der Waals surface area contributed by atoms with Gasteiger partial charge in [0, 0.05) is 71.2 Å². The summed E-state index contributed by atoms with van der Waals surface area (Å²) in [5.41, 5.74) is 0. The lowest BCUT2D eigenvalue weighted by Gasteiger charge is -2.26. The van der Waals surface area contributed by atoms with Gasteiger partial charge in [-0.05, 0) is 12.3 Å². The zero-order valence-electron chi connectivity index (χ0n) is 19.7. The minimum absolute atomic E-state index is 0.00774. The topological polar surface area (TPSA) is 114 Å². The SMILES string of the molecule is CCC1CC(=O)N(CCNC(=O)CN2CCN(CC(=O)O)CCN(CC(C)C)CC2)C1=O. The summed E-state index contributed by atoms with van der Waals surface area (Å²) >= 11 is 0. The molecule has 2 fully saturated rings. The van der Waals surface area contributed by atoms with Crippen LogP contribution in [0, 0.1) is 11.8 Å². The Balaban J connectivity index is 1.85. The van der Waals surface area contributed by atoms with Gasteiger partial charge in [0.05, 0.1) is 13.1 Å². The number of hydrogen-bond acceptors (Lipinski definition) is 7. The van der Waals surface area contributed by atoms with E-state index < -0.39 is 5.97 Å². The molecule has 0 radical (unpaired) electrons. The smallest absolute Gasteiger partial charge is 0.317 e. The second-order valence-electron chi connectivity index (χ2n) is 9.18. The molecule has 0 aromatic heterocycles. The van der Waals surface area contributed by atoms with Gasteiger partial charge < -0.3 is 15.3 Å². The number of likely N-dealkylation sites (tertiary alicyclic amines) is 1. The molecule has 1 unspecified atom stereocenters. The molecule has 2 aliphatic heterocycles. The molecule has 10 heteroatoms. The second-order valence-corrected chi connectivity index (χ2v) is 9.18. The van der Waals surface area contributed by atoms with Crippen LogP contribution in [-0.4, -0.2) is 120 Å². The fraction of sp³-hybridized carbons (Fsp3) is 0.818. The van der Waals surface area contributed by atoms with Gasteiger partial charge >= 0.3 is 5.97 Å². The molecule has 182 valence electrons. The van der Waals surface area contributed by atoms with Crippen LogP contribution in [0.5, 0.6) is 0 Å². The Kier molecular flexibility index (Phi) is 10.5. The van der Waals surface area contributed by atoms with Crippen LogP contribution in [0.2, 0.25) is 0 Å². The summed E-state index contributed by atoms with van der Waals surface area (Å²) < 4.78 is 0. The van der Waals surface area contributed by atoms with E-state index in [1.165, 1.54) is 4.90 Å². The molecule has 0 spiro atoms. The fourth-order valence-electron chi connectivity index (χ4n) is 4.26. The zero-order valence-corrected chi connectivity index (χ0v) is 19.7. The van der Waals surface area contributed by atoms with Crippen LogP contribution in [0.25, 0.3) is 0 Å². The minimum atomic E-state index is -0.847. The van der Waals surface area contributed by atoms with Crippen LogP contribution in [0.3, 0.4) is 0 Å². The Morgan fingerprint density at radius 3 is 2.06 bits per heavy atom. The number of carboxylic acid groups (broad SMARTS) is 1. The van der Waals surface area contributed by atoms with E-state index in [0.717, 1.165) is 26.2 Å². The van der Waals surface area contributed by atoms with Crippen molar-refractivity contribution in [1.82, 2.24) is 24.9 Å². The number of imide groups is 1. The number of nitrogens with zero attached hydrogens (tertiary/aromatic N) is 4. The maximum atomic E-state index is 12.5. The lowest BCUT2D eigenvalue weighted by molar-refractivity contribution is -0.140. The van der Waals surface area contributed by atoms with Gasteiger partial charge in [-0.25, -0.2) is 0 Å². The summed E-state index contributed by atoms with van der Waals surface area (Å²) in [6, 6.07) is 0. The van der Waals surface area contributed by atoms with Gasteiger partial charge in [0.2, 0.25) is 17.7 Å². The predicted octanol–water partition coefficient (Wildman–Crippen LogP) is -0.452. The van der Waals surface area contributed by atoms with E-state index in [2.05, 4.69) is 24.1 Å². The number of carbonyl (C=O) groups excluding carboxylic acids is 3. The Hall–Kier alpha value is -2.04. The lowest BCUT2D eigenvalue weighted by atomic mass is 10.1. The number of carboxylic acids is 1. The molecule has 2 rings (SSSR count). The Bertz CT molecular complexity index is 671. The molecule has 2 saturated heterocycles. The van der Waals surface area contributed by atoms with E-state index in [0.29, 0.717) is 32.0 Å². The van der Waals surface area contributed by atoms with Crippen LogP contribution >= 0.6 is 0 Å². The number of carbonyl (C=O) groups is 4. The Morgan fingerprint density at radius 2 is 1.56 bits per heavy atom. The molecule has 0 bridgehead atoms. The van der Waals surface area contributed by atoms with Crippen molar-refractivity contribution in [3.05, 3.63) is 0 Å². The molecular weight excluding hydrogens is 414 g/mol. The van der Waals surface area contributed by atoms with Crippen LogP contribution in [0.1, 0.15) is 33.6 Å². The summed E-state index contributed by atoms with van der Waals surface area (Å²) in [7, 11) is 0. The van der Waals surface area contributed by atoms with Gasteiger partial charge in [0.25, 0.3) is 0 Å². The number of hydrogen-bond donors (Lipinski definition) is 2. The summed E-state index contributed by atoms with van der Waals surface area (Å²) in [4.78, 5) is 55.4. The van der Waals surface area contributed by atoms with Crippen molar-refractivity contribution < 1.29 is 24.3 Å². The van der Waals surface area contributed by atoms with Crippen molar-refractivity contribution in [1.29, 1.82) is 0 Å². The number of amides is 3. The first-order valence-corrected chi connectivity index (χ1v) is 11.7. The number of rotatable bonds is 10. The van der Waals surface area contributed by atoms with Gasteiger partial charge in [-0.1, -0.05) is 20.8 Å². The average Bonchev–Trinajstić information content (AvgIpc) is 3.03. The molecule has 3 amide bonds. The van der Waals surface area contributed by atoms with E-state index in [1.807, 2.05) is 16.7 Å². The molecule has 32 heavy (non-hydrogen) atoms. The molecule has 0 aromatic rings. The normalized spacial score (nSPS) is 22.1. The molecule has 2 aliphatic rings. The fourth-order valence-corrected chi connectivity index (χ4v) is 4.26. The van der Waals surface area contributed by atoms with E-state index in [1.54, 1.807) is 0 Å². The van der Waals surface area contributed by atoms with Crippen LogP contribution in [0.4, 0.5) is 0 Å². The van der Waals surface area contributed by atoms with Gasteiger partial charge in [-0.2, -0.15) is 0 Å². The first-order valence-electron chi connectivity index (χ1n) is 11.7. The average molecular weight is 454 g/mol. The first kappa shape index (κ1) is 26.2. The third-order valence-electron chi connectivity index (χ3n) is 6.03. The highest BCUT2D eigenvalue weighted by molar-refractivity contribution is 6.03. The Labute approximate surface area is 190 Å². The highest BCUT2D eigenvalue weighted by Gasteiger charge is 2.36. The second kappa shape index (κ2) is 12.9. The molecule has 0 saturated carbocycles.